The fourth-order valence-corrected chi connectivity index (χ4v) is 2.83. The highest BCUT2D eigenvalue weighted by Crippen LogP contribution is 2.24. The number of hydrogen-bond acceptors (Lipinski definition) is 2. The van der Waals surface area contributed by atoms with E-state index in [1.807, 2.05) is 0 Å². The van der Waals surface area contributed by atoms with Crippen LogP contribution in [0.2, 0.25) is 0 Å². The van der Waals surface area contributed by atoms with Gasteiger partial charge >= 0.3 is 0 Å². The Morgan fingerprint density at radius 3 is 3.00 bits per heavy atom. The second kappa shape index (κ2) is 3.95. The second-order valence-corrected chi connectivity index (χ2v) is 4.74. The Hall–Kier alpha value is -0.860. The predicted molar refractivity (Wildman–Crippen MR) is 61.7 cm³/mol. The van der Waals surface area contributed by atoms with Crippen molar-refractivity contribution in [1.82, 2.24) is 10.2 Å². The van der Waals surface area contributed by atoms with Gasteiger partial charge in [0.15, 0.2) is 0 Å². The van der Waals surface area contributed by atoms with Crippen molar-refractivity contribution in [1.29, 1.82) is 0 Å². The highest BCUT2D eigenvalue weighted by molar-refractivity contribution is 5.15. The summed E-state index contributed by atoms with van der Waals surface area (Å²) >= 11 is 0. The van der Waals surface area contributed by atoms with Gasteiger partial charge in [0.05, 0.1) is 0 Å². The third-order valence-corrected chi connectivity index (χ3v) is 3.71. The molecule has 2 heteroatoms. The molecule has 0 spiro atoms. The van der Waals surface area contributed by atoms with Crippen LogP contribution in [0.3, 0.4) is 0 Å². The second-order valence-electron chi connectivity index (χ2n) is 4.74. The monoisotopic (exact) mass is 202 g/mol. The molecule has 1 N–H and O–H groups in total. The van der Waals surface area contributed by atoms with Crippen molar-refractivity contribution in [3.8, 4) is 0 Å². The fraction of sp³-hybridized carbons (Fsp3) is 0.538. The lowest BCUT2D eigenvalue weighted by molar-refractivity contribution is 0.168. The maximum atomic E-state index is 3.59. The Morgan fingerprint density at radius 2 is 2.13 bits per heavy atom. The van der Waals surface area contributed by atoms with Crippen molar-refractivity contribution in [2.75, 3.05) is 13.1 Å². The lowest BCUT2D eigenvalue weighted by Crippen LogP contribution is -2.39. The van der Waals surface area contributed by atoms with Gasteiger partial charge in [-0.1, -0.05) is 30.3 Å². The Morgan fingerprint density at radius 1 is 1.27 bits per heavy atom. The largest absolute Gasteiger partial charge is 0.312 e. The zero-order chi connectivity index (χ0) is 10.1. The van der Waals surface area contributed by atoms with Gasteiger partial charge in [-0.05, 0) is 18.4 Å². The van der Waals surface area contributed by atoms with Gasteiger partial charge in [-0.15, -0.1) is 0 Å². The van der Waals surface area contributed by atoms with Crippen LogP contribution in [0.25, 0.3) is 0 Å². The van der Waals surface area contributed by atoms with Gasteiger partial charge < -0.3 is 5.32 Å². The van der Waals surface area contributed by atoms with Gasteiger partial charge in [-0.25, -0.2) is 0 Å². The lowest BCUT2D eigenvalue weighted by Gasteiger charge is -2.32. The molecule has 2 aliphatic rings. The summed E-state index contributed by atoms with van der Waals surface area (Å²) in [4.78, 5) is 2.63. The predicted octanol–water partition coefficient (Wildman–Crippen LogP) is 1.62. The number of likely N-dealkylation sites (tertiary alicyclic amines) is 1. The van der Waals surface area contributed by atoms with Gasteiger partial charge in [0.1, 0.15) is 0 Å². The first kappa shape index (κ1) is 9.37. The molecule has 1 aromatic rings. The number of nitrogens with zero attached hydrogens (tertiary/aromatic N) is 1. The summed E-state index contributed by atoms with van der Waals surface area (Å²) in [5.41, 5.74) is 1.45. The molecule has 2 heterocycles. The average Bonchev–Trinajstić information content (AvgIpc) is 2.67. The van der Waals surface area contributed by atoms with E-state index >= 15 is 0 Å². The molecule has 2 bridgehead atoms. The van der Waals surface area contributed by atoms with Crippen molar-refractivity contribution in [3.05, 3.63) is 35.9 Å². The van der Waals surface area contributed by atoms with Crippen molar-refractivity contribution in [3.63, 3.8) is 0 Å². The Balaban J connectivity index is 1.68. The van der Waals surface area contributed by atoms with E-state index in [4.69, 9.17) is 0 Å². The van der Waals surface area contributed by atoms with Crippen molar-refractivity contribution < 1.29 is 0 Å². The lowest BCUT2D eigenvalue weighted by atomic mass is 10.0. The van der Waals surface area contributed by atoms with E-state index in [9.17, 15) is 0 Å². The van der Waals surface area contributed by atoms with Crippen LogP contribution in [0.4, 0.5) is 0 Å². The fourth-order valence-electron chi connectivity index (χ4n) is 2.83. The molecule has 2 fully saturated rings. The smallest absolute Gasteiger partial charge is 0.0239 e. The first-order valence-electron chi connectivity index (χ1n) is 5.93. The number of rotatable bonds is 2. The van der Waals surface area contributed by atoms with Crippen LogP contribution in [0.15, 0.2) is 30.3 Å². The standard InChI is InChI=1S/C13H18N2/c1-2-4-11(5-3-1)10-15-7-6-12-8-13(15)9-14-12/h1-5,12-14H,6-10H2. The molecular weight excluding hydrogens is 184 g/mol. The van der Waals surface area contributed by atoms with Gasteiger partial charge in [0.25, 0.3) is 0 Å². The van der Waals surface area contributed by atoms with Crippen molar-refractivity contribution in [2.45, 2.75) is 31.5 Å². The van der Waals surface area contributed by atoms with Crippen LogP contribution >= 0.6 is 0 Å². The molecule has 0 aliphatic carbocycles. The minimum atomic E-state index is 0.781. The Labute approximate surface area is 91.3 Å². The molecule has 3 rings (SSSR count). The van der Waals surface area contributed by atoms with E-state index in [0.29, 0.717) is 0 Å². The minimum absolute atomic E-state index is 0.781. The summed E-state index contributed by atoms with van der Waals surface area (Å²) in [6, 6.07) is 12.4. The summed E-state index contributed by atoms with van der Waals surface area (Å²) in [5.74, 6) is 0. The molecular formula is C13H18N2. The average molecular weight is 202 g/mol. The van der Waals surface area contributed by atoms with Gasteiger partial charge in [-0.2, -0.15) is 0 Å². The summed E-state index contributed by atoms with van der Waals surface area (Å²) in [6.07, 6.45) is 2.68. The van der Waals surface area contributed by atoms with Crippen LogP contribution < -0.4 is 5.32 Å². The third-order valence-electron chi connectivity index (χ3n) is 3.71. The SMILES string of the molecule is c1ccc(CN2CCC3CC2CN3)cc1. The zero-order valence-electron chi connectivity index (χ0n) is 9.02. The zero-order valence-corrected chi connectivity index (χ0v) is 9.02. The normalized spacial score (nSPS) is 30.7. The number of nitrogens with one attached hydrogen (secondary N) is 1. The number of fused-ring (bicyclic) bond motifs is 2. The molecule has 80 valence electrons. The third kappa shape index (κ3) is 1.92. The maximum absolute atomic E-state index is 3.59. The van der Waals surface area contributed by atoms with Crippen LogP contribution in [-0.2, 0) is 6.54 Å². The maximum Gasteiger partial charge on any atom is 0.0239 e. The van der Waals surface area contributed by atoms with Crippen molar-refractivity contribution >= 4 is 0 Å². The molecule has 0 saturated carbocycles. The number of piperidine rings is 1. The van der Waals surface area contributed by atoms with E-state index < -0.39 is 0 Å². The van der Waals surface area contributed by atoms with Gasteiger partial charge in [0, 0.05) is 31.7 Å². The van der Waals surface area contributed by atoms with E-state index in [1.165, 1.54) is 31.5 Å². The van der Waals surface area contributed by atoms with Crippen molar-refractivity contribution in [2.24, 2.45) is 0 Å². The summed E-state index contributed by atoms with van der Waals surface area (Å²) in [6.45, 7) is 3.58. The minimum Gasteiger partial charge on any atom is -0.312 e. The molecule has 0 aromatic heterocycles. The summed E-state index contributed by atoms with van der Waals surface area (Å²) in [7, 11) is 0. The molecule has 15 heavy (non-hydrogen) atoms. The first-order chi connectivity index (χ1) is 7.42. The van der Waals surface area contributed by atoms with E-state index in [2.05, 4.69) is 40.5 Å². The van der Waals surface area contributed by atoms with E-state index in [0.717, 1.165) is 18.6 Å². The quantitative estimate of drug-likeness (QED) is 0.784. The summed E-state index contributed by atoms with van der Waals surface area (Å²) in [5, 5.41) is 3.59. The van der Waals surface area contributed by atoms with E-state index in [1.54, 1.807) is 0 Å². The van der Waals surface area contributed by atoms with E-state index in [-0.39, 0.29) is 0 Å². The molecule has 0 radical (unpaired) electrons. The topological polar surface area (TPSA) is 15.3 Å². The molecule has 2 aliphatic heterocycles. The highest BCUT2D eigenvalue weighted by Gasteiger charge is 2.33. The molecule has 2 unspecified atom stereocenters. The highest BCUT2D eigenvalue weighted by atomic mass is 15.2. The van der Waals surface area contributed by atoms with Crippen LogP contribution in [0.5, 0.6) is 0 Å². The van der Waals surface area contributed by atoms with Gasteiger partial charge in [-0.3, -0.25) is 4.90 Å². The molecule has 1 aromatic carbocycles. The van der Waals surface area contributed by atoms with Crippen LogP contribution in [0.1, 0.15) is 18.4 Å². The first-order valence-corrected chi connectivity index (χ1v) is 5.93. The van der Waals surface area contributed by atoms with Gasteiger partial charge in [0.2, 0.25) is 0 Å². The Kier molecular flexibility index (Phi) is 2.47. The molecule has 2 nitrogen and oxygen atoms in total. The Bertz CT molecular complexity index is 323. The number of hydrogen-bond donors (Lipinski definition) is 1. The van der Waals surface area contributed by atoms with Crippen LogP contribution in [-0.4, -0.2) is 30.1 Å². The molecule has 2 atom stereocenters. The summed E-state index contributed by atoms with van der Waals surface area (Å²) < 4.78 is 0. The molecule has 2 saturated heterocycles. The van der Waals surface area contributed by atoms with Crippen LogP contribution in [0, 0.1) is 0 Å². The molecule has 0 amide bonds. The number of benzene rings is 1.